The lowest BCUT2D eigenvalue weighted by atomic mass is 10.3. The molecule has 0 spiro atoms. The number of thiazole rings is 1. The average Bonchev–Trinajstić information content (AvgIpc) is 3.25. The zero-order chi connectivity index (χ0) is 16.9. The van der Waals surface area contributed by atoms with Crippen LogP contribution >= 0.6 is 23.1 Å². The standard InChI is InChI=1S/C15H16N6OS2/c1-3-21-12(11-5-4-6-16-9-11)19-20-15(21)24-10(2)13(22)18-14-17-7-8-23-14/h4-10H,3H2,1-2H3,(H,17,18,22)/t10-/m1/s1. The summed E-state index contributed by atoms with van der Waals surface area (Å²) >= 11 is 2.77. The summed E-state index contributed by atoms with van der Waals surface area (Å²) in [4.78, 5) is 20.4. The molecule has 1 amide bonds. The van der Waals surface area contributed by atoms with E-state index in [0.29, 0.717) is 16.8 Å². The SMILES string of the molecule is CCn1c(S[C@H](C)C(=O)Nc2nccs2)nnc1-c1cccnc1. The van der Waals surface area contributed by atoms with E-state index in [1.165, 1.54) is 23.1 Å². The van der Waals surface area contributed by atoms with E-state index in [1.807, 2.05) is 35.9 Å². The highest BCUT2D eigenvalue weighted by molar-refractivity contribution is 8.00. The van der Waals surface area contributed by atoms with Crippen molar-refractivity contribution in [3.05, 3.63) is 36.1 Å². The third kappa shape index (κ3) is 3.62. The summed E-state index contributed by atoms with van der Waals surface area (Å²) < 4.78 is 1.98. The molecule has 9 heteroatoms. The lowest BCUT2D eigenvalue weighted by Crippen LogP contribution is -2.22. The molecule has 7 nitrogen and oxygen atoms in total. The van der Waals surface area contributed by atoms with Crippen LogP contribution in [0, 0.1) is 0 Å². The molecule has 0 fully saturated rings. The summed E-state index contributed by atoms with van der Waals surface area (Å²) in [6.45, 7) is 4.57. The second-order valence-electron chi connectivity index (χ2n) is 4.88. The molecule has 3 rings (SSSR count). The summed E-state index contributed by atoms with van der Waals surface area (Å²) in [7, 11) is 0. The molecule has 0 aliphatic carbocycles. The number of carbonyl (C=O) groups excluding carboxylic acids is 1. The molecule has 0 aliphatic rings. The Labute approximate surface area is 147 Å². The third-order valence-corrected chi connectivity index (χ3v) is 5.04. The predicted octanol–water partition coefficient (Wildman–Crippen LogP) is 2.94. The zero-order valence-corrected chi connectivity index (χ0v) is 14.8. The first kappa shape index (κ1) is 16.6. The van der Waals surface area contributed by atoms with Crippen LogP contribution in [0.1, 0.15) is 13.8 Å². The van der Waals surface area contributed by atoms with Crippen LogP contribution in [0.3, 0.4) is 0 Å². The molecule has 1 N–H and O–H groups in total. The van der Waals surface area contributed by atoms with Gasteiger partial charge in [0.2, 0.25) is 5.91 Å². The first-order valence-electron chi connectivity index (χ1n) is 7.39. The van der Waals surface area contributed by atoms with Crippen LogP contribution in [0.2, 0.25) is 0 Å². The fraction of sp³-hybridized carbons (Fsp3) is 0.267. The van der Waals surface area contributed by atoms with Gasteiger partial charge in [0, 0.05) is 36.1 Å². The van der Waals surface area contributed by atoms with Crippen molar-refractivity contribution in [2.75, 3.05) is 5.32 Å². The number of thioether (sulfide) groups is 1. The van der Waals surface area contributed by atoms with E-state index in [0.717, 1.165) is 11.4 Å². The van der Waals surface area contributed by atoms with Crippen LogP contribution < -0.4 is 5.32 Å². The fourth-order valence-corrected chi connectivity index (χ4v) is 3.52. The van der Waals surface area contributed by atoms with Crippen molar-refractivity contribution in [3.63, 3.8) is 0 Å². The van der Waals surface area contributed by atoms with Crippen molar-refractivity contribution in [2.24, 2.45) is 0 Å². The maximum atomic E-state index is 12.3. The fourth-order valence-electron chi connectivity index (χ4n) is 2.07. The Kier molecular flexibility index (Phi) is 5.21. The van der Waals surface area contributed by atoms with Crippen molar-refractivity contribution in [3.8, 4) is 11.4 Å². The van der Waals surface area contributed by atoms with E-state index in [4.69, 9.17) is 0 Å². The molecule has 3 heterocycles. The number of carbonyl (C=O) groups is 1. The number of rotatable bonds is 6. The van der Waals surface area contributed by atoms with Crippen molar-refractivity contribution >= 4 is 34.1 Å². The van der Waals surface area contributed by atoms with Crippen molar-refractivity contribution in [1.82, 2.24) is 24.7 Å². The predicted molar refractivity (Wildman–Crippen MR) is 95.0 cm³/mol. The van der Waals surface area contributed by atoms with E-state index >= 15 is 0 Å². The van der Waals surface area contributed by atoms with Gasteiger partial charge in [-0.05, 0) is 26.0 Å². The highest BCUT2D eigenvalue weighted by Crippen LogP contribution is 2.27. The zero-order valence-electron chi connectivity index (χ0n) is 13.2. The van der Waals surface area contributed by atoms with E-state index in [-0.39, 0.29) is 11.2 Å². The largest absolute Gasteiger partial charge is 0.302 e. The smallest absolute Gasteiger partial charge is 0.239 e. The first-order valence-corrected chi connectivity index (χ1v) is 9.15. The van der Waals surface area contributed by atoms with Gasteiger partial charge >= 0.3 is 0 Å². The maximum Gasteiger partial charge on any atom is 0.239 e. The van der Waals surface area contributed by atoms with Crippen LogP contribution in [-0.2, 0) is 11.3 Å². The number of hydrogen-bond acceptors (Lipinski definition) is 7. The molecule has 1 atom stereocenters. The summed E-state index contributed by atoms with van der Waals surface area (Å²) in [5.41, 5.74) is 0.901. The molecule has 0 unspecified atom stereocenters. The summed E-state index contributed by atoms with van der Waals surface area (Å²) in [5.74, 6) is 0.643. The molecule has 0 saturated heterocycles. The molecule has 0 saturated carbocycles. The second kappa shape index (κ2) is 7.54. The van der Waals surface area contributed by atoms with Gasteiger partial charge in [-0.25, -0.2) is 4.98 Å². The van der Waals surface area contributed by atoms with E-state index < -0.39 is 0 Å². The van der Waals surface area contributed by atoms with Crippen LogP contribution in [0.25, 0.3) is 11.4 Å². The van der Waals surface area contributed by atoms with Gasteiger partial charge in [0.1, 0.15) is 0 Å². The van der Waals surface area contributed by atoms with Gasteiger partial charge in [-0.1, -0.05) is 11.8 Å². The van der Waals surface area contributed by atoms with Gasteiger partial charge in [0.05, 0.1) is 5.25 Å². The van der Waals surface area contributed by atoms with Crippen LogP contribution in [-0.4, -0.2) is 35.9 Å². The highest BCUT2D eigenvalue weighted by atomic mass is 32.2. The van der Waals surface area contributed by atoms with E-state index in [9.17, 15) is 4.79 Å². The van der Waals surface area contributed by atoms with E-state index in [2.05, 4.69) is 25.5 Å². The van der Waals surface area contributed by atoms with Crippen molar-refractivity contribution in [1.29, 1.82) is 0 Å². The number of amides is 1. The van der Waals surface area contributed by atoms with Gasteiger partial charge in [-0.3, -0.25) is 9.78 Å². The van der Waals surface area contributed by atoms with Gasteiger partial charge in [0.15, 0.2) is 16.1 Å². The number of nitrogens with zero attached hydrogens (tertiary/aromatic N) is 5. The molecule has 0 aliphatic heterocycles. The van der Waals surface area contributed by atoms with Gasteiger partial charge in [0.25, 0.3) is 0 Å². The monoisotopic (exact) mass is 360 g/mol. The highest BCUT2D eigenvalue weighted by Gasteiger charge is 2.20. The summed E-state index contributed by atoms with van der Waals surface area (Å²) in [6.07, 6.45) is 5.13. The summed E-state index contributed by atoms with van der Waals surface area (Å²) in [6, 6.07) is 3.80. The van der Waals surface area contributed by atoms with Crippen LogP contribution in [0.5, 0.6) is 0 Å². The molecule has 0 bridgehead atoms. The molecule has 3 aromatic rings. The molecule has 3 aromatic heterocycles. The average molecular weight is 360 g/mol. The van der Waals surface area contributed by atoms with Crippen molar-refractivity contribution in [2.45, 2.75) is 30.8 Å². The quantitative estimate of drug-likeness (QED) is 0.680. The van der Waals surface area contributed by atoms with E-state index in [1.54, 1.807) is 18.6 Å². The molecule has 124 valence electrons. The molecular weight excluding hydrogens is 344 g/mol. The van der Waals surface area contributed by atoms with Gasteiger partial charge in [-0.2, -0.15) is 0 Å². The number of hydrogen-bond donors (Lipinski definition) is 1. The Balaban J connectivity index is 1.75. The minimum atomic E-state index is -0.315. The molecular formula is C15H16N6OS2. The Morgan fingerprint density at radius 2 is 2.29 bits per heavy atom. The Bertz CT molecular complexity index is 803. The maximum absolute atomic E-state index is 12.3. The van der Waals surface area contributed by atoms with Gasteiger partial charge in [-0.15, -0.1) is 21.5 Å². The Morgan fingerprint density at radius 1 is 1.42 bits per heavy atom. The Morgan fingerprint density at radius 3 is 2.96 bits per heavy atom. The number of nitrogens with one attached hydrogen (secondary N) is 1. The minimum Gasteiger partial charge on any atom is -0.302 e. The normalized spacial score (nSPS) is 12.1. The topological polar surface area (TPSA) is 85.6 Å². The van der Waals surface area contributed by atoms with Crippen LogP contribution in [0.4, 0.5) is 5.13 Å². The second-order valence-corrected chi connectivity index (χ2v) is 7.08. The van der Waals surface area contributed by atoms with Gasteiger partial charge < -0.3 is 9.88 Å². The first-order chi connectivity index (χ1) is 11.7. The third-order valence-electron chi connectivity index (χ3n) is 3.27. The van der Waals surface area contributed by atoms with Crippen molar-refractivity contribution < 1.29 is 4.79 Å². The number of pyridine rings is 1. The summed E-state index contributed by atoms with van der Waals surface area (Å²) in [5, 5.41) is 14.1. The number of aromatic nitrogens is 5. The molecule has 0 aromatic carbocycles. The lowest BCUT2D eigenvalue weighted by molar-refractivity contribution is -0.115. The lowest BCUT2D eigenvalue weighted by Gasteiger charge is -2.11. The molecule has 0 radical (unpaired) electrons. The molecule has 24 heavy (non-hydrogen) atoms. The minimum absolute atomic E-state index is 0.108. The Hall–Kier alpha value is -2.26. The number of anilines is 1. The van der Waals surface area contributed by atoms with Crippen LogP contribution in [0.15, 0.2) is 41.3 Å².